The predicted octanol–water partition coefficient (Wildman–Crippen LogP) is 2.20. The molecule has 2 heterocycles. The van der Waals surface area contributed by atoms with E-state index in [-0.39, 0.29) is 10.5 Å². The van der Waals surface area contributed by atoms with Crippen molar-refractivity contribution in [1.82, 2.24) is 14.0 Å². The van der Waals surface area contributed by atoms with Gasteiger partial charge in [-0.25, -0.2) is 18.1 Å². The first-order chi connectivity index (χ1) is 12.6. The lowest BCUT2D eigenvalue weighted by molar-refractivity contribution is 0.101. The predicted molar refractivity (Wildman–Crippen MR) is 97.9 cm³/mol. The van der Waals surface area contributed by atoms with E-state index in [9.17, 15) is 13.2 Å². The molecule has 1 aliphatic rings. The van der Waals surface area contributed by atoms with Crippen LogP contribution in [0.3, 0.4) is 0 Å². The molecule has 4 rings (SSSR count). The maximum absolute atomic E-state index is 12.7. The van der Waals surface area contributed by atoms with Crippen molar-refractivity contribution in [3.05, 3.63) is 60.4 Å². The van der Waals surface area contributed by atoms with Crippen LogP contribution in [0.25, 0.3) is 11.0 Å². The van der Waals surface area contributed by atoms with Gasteiger partial charge in [0.15, 0.2) is 0 Å². The average molecular weight is 370 g/mol. The normalized spacial score (nSPS) is 15.4. The number of nitrogens with one attached hydrogen (secondary N) is 1. The largest absolute Gasteiger partial charge is 0.270 e. The number of nitrogens with zero attached hydrogens (tertiary/aromatic N) is 3. The molecule has 0 atom stereocenters. The molecular formula is C18H18N4O3S. The van der Waals surface area contributed by atoms with Crippen molar-refractivity contribution >= 4 is 27.0 Å². The molecule has 0 radical (unpaired) electrons. The van der Waals surface area contributed by atoms with Gasteiger partial charge in [0, 0.05) is 18.7 Å². The average Bonchev–Trinajstić information content (AvgIpc) is 3.33. The van der Waals surface area contributed by atoms with Crippen LogP contribution in [0.2, 0.25) is 0 Å². The van der Waals surface area contributed by atoms with Gasteiger partial charge in [0.1, 0.15) is 6.33 Å². The highest BCUT2D eigenvalue weighted by Crippen LogP contribution is 2.21. The molecule has 0 unspecified atom stereocenters. The molecule has 0 aliphatic carbocycles. The van der Waals surface area contributed by atoms with Crippen molar-refractivity contribution in [1.29, 1.82) is 0 Å². The van der Waals surface area contributed by atoms with Crippen molar-refractivity contribution in [3.63, 3.8) is 0 Å². The summed E-state index contributed by atoms with van der Waals surface area (Å²) in [6.45, 7) is 1.06. The number of para-hydroxylation sites is 2. The van der Waals surface area contributed by atoms with E-state index < -0.39 is 15.9 Å². The Morgan fingerprint density at radius 1 is 1.04 bits per heavy atom. The van der Waals surface area contributed by atoms with Gasteiger partial charge >= 0.3 is 0 Å². The first-order valence-corrected chi connectivity index (χ1v) is 9.83. The van der Waals surface area contributed by atoms with Crippen molar-refractivity contribution < 1.29 is 13.2 Å². The number of sulfonamides is 1. The molecule has 1 aliphatic heterocycles. The number of rotatable bonds is 4. The van der Waals surface area contributed by atoms with E-state index in [0.29, 0.717) is 13.1 Å². The maximum Gasteiger partial charge on any atom is 0.270 e. The SMILES string of the molecule is O=C(Nn1cnc2ccccc21)c1cccc(S(=O)(=O)N2CCCC2)c1. The zero-order valence-corrected chi connectivity index (χ0v) is 14.8. The number of fused-ring (bicyclic) bond motifs is 1. The molecular weight excluding hydrogens is 352 g/mol. The van der Waals surface area contributed by atoms with E-state index in [0.717, 1.165) is 23.9 Å². The zero-order valence-electron chi connectivity index (χ0n) is 14.0. The monoisotopic (exact) mass is 370 g/mol. The summed E-state index contributed by atoms with van der Waals surface area (Å²) < 4.78 is 28.4. The highest BCUT2D eigenvalue weighted by molar-refractivity contribution is 7.89. The molecule has 26 heavy (non-hydrogen) atoms. The molecule has 2 aromatic carbocycles. The first kappa shape index (κ1) is 16.7. The molecule has 0 spiro atoms. The van der Waals surface area contributed by atoms with Crippen molar-refractivity contribution in [2.75, 3.05) is 18.5 Å². The molecule has 7 nitrogen and oxygen atoms in total. The fourth-order valence-corrected chi connectivity index (χ4v) is 4.66. The van der Waals surface area contributed by atoms with Crippen LogP contribution < -0.4 is 5.43 Å². The second-order valence-corrected chi connectivity index (χ2v) is 8.12. The van der Waals surface area contributed by atoms with Gasteiger partial charge in [-0.1, -0.05) is 18.2 Å². The van der Waals surface area contributed by atoms with E-state index >= 15 is 0 Å². The summed E-state index contributed by atoms with van der Waals surface area (Å²) in [5, 5.41) is 0. The number of benzene rings is 2. The van der Waals surface area contributed by atoms with Gasteiger partial charge in [0.25, 0.3) is 5.91 Å². The van der Waals surface area contributed by atoms with E-state index in [2.05, 4.69) is 10.4 Å². The van der Waals surface area contributed by atoms with Crippen molar-refractivity contribution in [3.8, 4) is 0 Å². The maximum atomic E-state index is 12.7. The summed E-state index contributed by atoms with van der Waals surface area (Å²) in [5.74, 6) is -0.397. The van der Waals surface area contributed by atoms with E-state index in [1.807, 2.05) is 24.3 Å². The summed E-state index contributed by atoms with van der Waals surface area (Å²) in [5.41, 5.74) is 4.54. The topological polar surface area (TPSA) is 84.3 Å². The third-order valence-corrected chi connectivity index (χ3v) is 6.37. The van der Waals surface area contributed by atoms with E-state index in [1.54, 1.807) is 12.1 Å². The van der Waals surface area contributed by atoms with Crippen LogP contribution in [0.5, 0.6) is 0 Å². The second-order valence-electron chi connectivity index (χ2n) is 6.18. The summed E-state index contributed by atoms with van der Waals surface area (Å²) in [7, 11) is -3.56. The Balaban J connectivity index is 1.61. The third kappa shape index (κ3) is 2.97. The van der Waals surface area contributed by atoms with E-state index in [4.69, 9.17) is 0 Å². The molecule has 1 aromatic heterocycles. The molecule has 1 fully saturated rings. The van der Waals surface area contributed by atoms with Gasteiger partial charge in [-0.2, -0.15) is 4.31 Å². The third-order valence-electron chi connectivity index (χ3n) is 4.47. The molecule has 1 N–H and O–H groups in total. The number of aromatic nitrogens is 2. The Hall–Kier alpha value is -2.71. The van der Waals surface area contributed by atoms with Gasteiger partial charge in [0.05, 0.1) is 15.9 Å². The standard InChI is InChI=1S/C18H18N4O3S/c23-18(20-22-13-19-16-8-1-2-9-17(16)22)14-6-5-7-15(12-14)26(24,25)21-10-3-4-11-21/h1-2,5-9,12-13H,3-4,10-11H2,(H,20,23). The van der Waals surface area contributed by atoms with Gasteiger partial charge in [-0.05, 0) is 43.2 Å². The lowest BCUT2D eigenvalue weighted by atomic mass is 10.2. The minimum Gasteiger partial charge on any atom is -0.267 e. The van der Waals surface area contributed by atoms with Crippen LogP contribution >= 0.6 is 0 Å². The Kier molecular flexibility index (Phi) is 4.21. The van der Waals surface area contributed by atoms with Gasteiger partial charge < -0.3 is 0 Å². The first-order valence-electron chi connectivity index (χ1n) is 8.39. The Morgan fingerprint density at radius 3 is 2.62 bits per heavy atom. The number of hydrogen-bond donors (Lipinski definition) is 1. The number of carbonyl (C=O) groups is 1. The van der Waals surface area contributed by atoms with Crippen molar-refractivity contribution in [2.45, 2.75) is 17.7 Å². The fourth-order valence-electron chi connectivity index (χ4n) is 3.10. The molecule has 0 saturated carbocycles. The quantitative estimate of drug-likeness (QED) is 0.763. The summed E-state index contributed by atoms with van der Waals surface area (Å²) in [6, 6.07) is 13.5. The molecule has 3 aromatic rings. The van der Waals surface area contributed by atoms with Crippen LogP contribution in [-0.4, -0.2) is 41.4 Å². The minimum atomic E-state index is -3.56. The number of imidazole rings is 1. The van der Waals surface area contributed by atoms with Crippen molar-refractivity contribution in [2.24, 2.45) is 0 Å². The number of hydrogen-bond acceptors (Lipinski definition) is 4. The van der Waals surface area contributed by atoms with Crippen LogP contribution in [0.15, 0.2) is 59.8 Å². The van der Waals surface area contributed by atoms with Crippen LogP contribution in [-0.2, 0) is 10.0 Å². The number of carbonyl (C=O) groups excluding carboxylic acids is 1. The molecule has 0 bridgehead atoms. The highest BCUT2D eigenvalue weighted by Gasteiger charge is 2.27. The molecule has 1 amide bonds. The smallest absolute Gasteiger partial charge is 0.267 e. The lowest BCUT2D eigenvalue weighted by Gasteiger charge is -2.16. The lowest BCUT2D eigenvalue weighted by Crippen LogP contribution is -2.28. The van der Waals surface area contributed by atoms with Gasteiger partial charge in [0.2, 0.25) is 10.0 Å². The van der Waals surface area contributed by atoms with Crippen LogP contribution in [0, 0.1) is 0 Å². The highest BCUT2D eigenvalue weighted by atomic mass is 32.2. The van der Waals surface area contributed by atoms with Crippen LogP contribution in [0.4, 0.5) is 0 Å². The Morgan fingerprint density at radius 2 is 1.81 bits per heavy atom. The minimum absolute atomic E-state index is 0.141. The zero-order chi connectivity index (χ0) is 18.1. The Bertz CT molecular complexity index is 1070. The second kappa shape index (κ2) is 6.54. The summed E-state index contributed by atoms with van der Waals surface area (Å²) >= 11 is 0. The van der Waals surface area contributed by atoms with E-state index in [1.165, 1.54) is 27.4 Å². The Labute approximate surface area is 151 Å². The molecule has 134 valence electrons. The van der Waals surface area contributed by atoms with Crippen LogP contribution in [0.1, 0.15) is 23.2 Å². The summed E-state index contributed by atoms with van der Waals surface area (Å²) in [4.78, 5) is 16.9. The fraction of sp³-hybridized carbons (Fsp3) is 0.222. The van der Waals surface area contributed by atoms with Gasteiger partial charge in [-0.15, -0.1) is 0 Å². The number of amides is 1. The molecule has 1 saturated heterocycles. The summed E-state index contributed by atoms with van der Waals surface area (Å²) in [6.07, 6.45) is 3.26. The van der Waals surface area contributed by atoms with Gasteiger partial charge in [-0.3, -0.25) is 10.2 Å². The molecule has 8 heteroatoms.